The molecule has 0 spiro atoms. The number of hydrogen-bond donors (Lipinski definition) is 0. The largest absolute Gasteiger partial charge is 0.295 e. The van der Waals surface area contributed by atoms with E-state index in [4.69, 9.17) is 0 Å². The summed E-state index contributed by atoms with van der Waals surface area (Å²) in [4.78, 5) is 10.3. The second-order valence-electron chi connectivity index (χ2n) is 1.81. The van der Waals surface area contributed by atoms with Crippen molar-refractivity contribution in [3.05, 3.63) is 24.3 Å². The van der Waals surface area contributed by atoms with Crippen LogP contribution in [0, 0.1) is 0 Å². The van der Waals surface area contributed by atoms with E-state index in [1.165, 1.54) is 6.92 Å². The molecule has 1 heteroatoms. The van der Waals surface area contributed by atoms with Crippen LogP contribution in [-0.2, 0) is 4.79 Å². The Labute approximate surface area is 56.1 Å². The fraction of sp³-hybridized carbons (Fsp3) is 0.375. The Bertz CT molecular complexity index is 132. The van der Waals surface area contributed by atoms with E-state index >= 15 is 0 Å². The van der Waals surface area contributed by atoms with Crippen LogP contribution in [-0.4, -0.2) is 5.78 Å². The lowest BCUT2D eigenvalue weighted by molar-refractivity contribution is -0.112. The van der Waals surface area contributed by atoms with Gasteiger partial charge in [0.05, 0.1) is 0 Å². The zero-order valence-corrected chi connectivity index (χ0v) is 5.92. The van der Waals surface area contributed by atoms with Crippen molar-refractivity contribution >= 4 is 5.78 Å². The van der Waals surface area contributed by atoms with E-state index in [-0.39, 0.29) is 5.78 Å². The number of carbonyl (C=O) groups is 1. The van der Waals surface area contributed by atoms with E-state index in [2.05, 4.69) is 6.92 Å². The molecule has 0 aromatic rings. The molecule has 9 heavy (non-hydrogen) atoms. The predicted molar refractivity (Wildman–Crippen MR) is 39.3 cm³/mol. The number of rotatable bonds is 3. The Morgan fingerprint density at radius 1 is 1.44 bits per heavy atom. The van der Waals surface area contributed by atoms with Gasteiger partial charge >= 0.3 is 0 Å². The molecule has 1 nitrogen and oxygen atoms in total. The van der Waals surface area contributed by atoms with Crippen LogP contribution in [0.3, 0.4) is 0 Å². The lowest BCUT2D eigenvalue weighted by atomic mass is 10.4. The van der Waals surface area contributed by atoms with Crippen LogP contribution >= 0.6 is 0 Å². The lowest BCUT2D eigenvalue weighted by Gasteiger charge is -1.74. The molecular weight excluding hydrogens is 114 g/mol. The van der Waals surface area contributed by atoms with E-state index in [0.717, 1.165) is 6.42 Å². The molecule has 0 aliphatic heterocycles. The lowest BCUT2D eigenvalue weighted by Crippen LogP contribution is -1.77. The van der Waals surface area contributed by atoms with Gasteiger partial charge in [0.15, 0.2) is 5.78 Å². The summed E-state index contributed by atoms with van der Waals surface area (Å²) in [5.41, 5.74) is 0. The summed E-state index contributed by atoms with van der Waals surface area (Å²) in [7, 11) is 0. The summed E-state index contributed by atoms with van der Waals surface area (Å²) >= 11 is 0. The second-order valence-corrected chi connectivity index (χ2v) is 1.81. The standard InChI is InChI=1S/C8H12O/c1-3-4-5-6-7-8(2)9/h4-7H,3H2,1-2H3/b5-4+,7-6+/i7+1,8+1. The van der Waals surface area contributed by atoms with Crippen molar-refractivity contribution in [3.63, 3.8) is 0 Å². The first-order valence-corrected chi connectivity index (χ1v) is 3.11. The smallest absolute Gasteiger partial charge is 0.152 e. The summed E-state index contributed by atoms with van der Waals surface area (Å²) in [6.07, 6.45) is 8.20. The van der Waals surface area contributed by atoms with E-state index in [0.29, 0.717) is 0 Å². The zero-order valence-electron chi connectivity index (χ0n) is 5.92. The van der Waals surface area contributed by atoms with Crippen LogP contribution in [0.4, 0.5) is 0 Å². The van der Waals surface area contributed by atoms with Crippen molar-refractivity contribution in [3.8, 4) is 0 Å². The predicted octanol–water partition coefficient (Wildman–Crippen LogP) is 2.10. The van der Waals surface area contributed by atoms with Gasteiger partial charge in [0.25, 0.3) is 0 Å². The molecule has 0 heterocycles. The quantitative estimate of drug-likeness (QED) is 0.321. The highest BCUT2D eigenvalue weighted by Gasteiger charge is 1.75. The summed E-state index contributed by atoms with van der Waals surface area (Å²) in [6, 6.07) is 0. The van der Waals surface area contributed by atoms with Crippen LogP contribution < -0.4 is 0 Å². The van der Waals surface area contributed by atoms with Gasteiger partial charge in [0.2, 0.25) is 0 Å². The maximum atomic E-state index is 10.3. The van der Waals surface area contributed by atoms with E-state index < -0.39 is 0 Å². The molecule has 0 rings (SSSR count). The Morgan fingerprint density at radius 3 is 2.56 bits per heavy atom. The van der Waals surface area contributed by atoms with Crippen molar-refractivity contribution in [1.29, 1.82) is 0 Å². The molecule has 0 saturated carbocycles. The maximum Gasteiger partial charge on any atom is 0.152 e. The van der Waals surface area contributed by atoms with E-state index in [1.54, 1.807) is 12.2 Å². The van der Waals surface area contributed by atoms with Crippen LogP contribution in [0.5, 0.6) is 0 Å². The number of carbonyl (C=O) groups excluding carboxylic acids is 1. The molecule has 50 valence electrons. The molecule has 0 amide bonds. The highest BCUT2D eigenvalue weighted by Crippen LogP contribution is 1.81. The first kappa shape index (κ1) is 8.15. The highest BCUT2D eigenvalue weighted by molar-refractivity contribution is 5.87. The molecule has 0 aliphatic carbocycles. The molecule has 0 atom stereocenters. The second kappa shape index (κ2) is 5.29. The third-order valence-corrected chi connectivity index (χ3v) is 0.814. The highest BCUT2D eigenvalue weighted by atomic mass is 16.2. The van der Waals surface area contributed by atoms with Gasteiger partial charge in [0.1, 0.15) is 0 Å². The molecule has 0 radical (unpaired) electrons. The third kappa shape index (κ3) is 7.15. The van der Waals surface area contributed by atoms with Gasteiger partial charge in [-0.2, -0.15) is 0 Å². The van der Waals surface area contributed by atoms with Crippen LogP contribution in [0.25, 0.3) is 0 Å². The van der Waals surface area contributed by atoms with Crippen molar-refractivity contribution in [2.45, 2.75) is 20.3 Å². The molecule has 0 fully saturated rings. The minimum Gasteiger partial charge on any atom is -0.295 e. The fourth-order valence-electron chi connectivity index (χ4n) is 0.406. The summed E-state index contributed by atoms with van der Waals surface area (Å²) in [5, 5.41) is 0. The van der Waals surface area contributed by atoms with Crippen LogP contribution in [0.2, 0.25) is 0 Å². The van der Waals surface area contributed by atoms with Gasteiger partial charge in [-0.15, -0.1) is 0 Å². The van der Waals surface area contributed by atoms with E-state index in [1.807, 2.05) is 12.2 Å². The summed E-state index contributed by atoms with van der Waals surface area (Å²) < 4.78 is 0. The molecular formula is C8H12O. The van der Waals surface area contributed by atoms with E-state index in [9.17, 15) is 4.79 Å². The van der Waals surface area contributed by atoms with Gasteiger partial charge < -0.3 is 0 Å². The fourth-order valence-corrected chi connectivity index (χ4v) is 0.406. The Morgan fingerprint density at radius 2 is 2.11 bits per heavy atom. The van der Waals surface area contributed by atoms with Crippen molar-refractivity contribution < 1.29 is 4.79 Å². The topological polar surface area (TPSA) is 17.1 Å². The number of ketones is 1. The maximum absolute atomic E-state index is 10.3. The normalized spacial score (nSPS) is 11.3. The molecule has 0 aromatic carbocycles. The van der Waals surface area contributed by atoms with Crippen LogP contribution in [0.15, 0.2) is 24.3 Å². The monoisotopic (exact) mass is 126 g/mol. The average molecular weight is 126 g/mol. The molecule has 0 aliphatic rings. The molecule has 0 aromatic heterocycles. The van der Waals surface area contributed by atoms with Crippen LogP contribution in [0.1, 0.15) is 20.3 Å². The van der Waals surface area contributed by atoms with Gasteiger partial charge in [0, 0.05) is 0 Å². The van der Waals surface area contributed by atoms with Crippen molar-refractivity contribution in [2.75, 3.05) is 0 Å². The molecule has 0 saturated heterocycles. The molecule has 0 bridgehead atoms. The molecule has 0 unspecified atom stereocenters. The van der Waals surface area contributed by atoms with Gasteiger partial charge in [-0.05, 0) is 19.4 Å². The SMILES string of the molecule is CC/C=C/C=[13CH]/[13C](C)=O. The average Bonchev–Trinajstić information content (AvgIpc) is 1.80. The first-order chi connectivity index (χ1) is 4.27. The summed E-state index contributed by atoms with van der Waals surface area (Å²) in [5.74, 6) is 0.0933. The minimum atomic E-state index is 0.0933. The Balaban J connectivity index is 3.47. The summed E-state index contributed by atoms with van der Waals surface area (Å²) in [6.45, 7) is 3.59. The third-order valence-electron chi connectivity index (χ3n) is 0.814. The van der Waals surface area contributed by atoms with Crippen molar-refractivity contribution in [1.82, 2.24) is 0 Å². The number of allylic oxidation sites excluding steroid dienone is 4. The zero-order chi connectivity index (χ0) is 7.11. The van der Waals surface area contributed by atoms with Crippen molar-refractivity contribution in [2.24, 2.45) is 0 Å². The first-order valence-electron chi connectivity index (χ1n) is 3.11. The minimum absolute atomic E-state index is 0.0933. The van der Waals surface area contributed by atoms with Gasteiger partial charge in [-0.3, -0.25) is 4.79 Å². The Kier molecular flexibility index (Phi) is 4.79. The Hall–Kier alpha value is -0.850. The van der Waals surface area contributed by atoms with Gasteiger partial charge in [-0.25, -0.2) is 0 Å². The number of hydrogen-bond acceptors (Lipinski definition) is 1. The van der Waals surface area contributed by atoms with Gasteiger partial charge in [-0.1, -0.05) is 25.2 Å². The molecule has 0 N–H and O–H groups in total.